The Labute approximate surface area is 112 Å². The van der Waals surface area contributed by atoms with Crippen molar-refractivity contribution in [1.29, 1.82) is 0 Å². The lowest BCUT2D eigenvalue weighted by Crippen LogP contribution is -2.30. The van der Waals surface area contributed by atoms with Crippen LogP contribution in [0.5, 0.6) is 0 Å². The molecule has 4 atom stereocenters. The van der Waals surface area contributed by atoms with Crippen LogP contribution in [0.1, 0.15) is 32.6 Å². The molecule has 0 spiro atoms. The Morgan fingerprint density at radius 2 is 2.22 bits per heavy atom. The van der Waals surface area contributed by atoms with Gasteiger partial charge in [0.25, 0.3) is 0 Å². The number of nitrogen functional groups attached to an aromatic ring is 1. The van der Waals surface area contributed by atoms with Crippen molar-refractivity contribution >= 4 is 23.4 Å². The molecule has 2 bridgehead atoms. The van der Waals surface area contributed by atoms with Crippen LogP contribution in [-0.2, 0) is 0 Å². The van der Waals surface area contributed by atoms with Gasteiger partial charge in [0.1, 0.15) is 11.0 Å². The SMILES string of the molecule is C[C@H](Nc1cc(Cl)nc(N)n1)[C@@H]1C[C@H]2CC[C@H]1C2. The Morgan fingerprint density at radius 1 is 1.39 bits per heavy atom. The fourth-order valence-corrected chi connectivity index (χ4v) is 3.95. The highest BCUT2D eigenvalue weighted by Gasteiger charge is 2.41. The molecule has 3 rings (SSSR count). The topological polar surface area (TPSA) is 63.8 Å². The number of hydrogen-bond donors (Lipinski definition) is 2. The van der Waals surface area contributed by atoms with Gasteiger partial charge in [0.05, 0.1) is 0 Å². The largest absolute Gasteiger partial charge is 0.368 e. The quantitative estimate of drug-likeness (QED) is 0.826. The summed E-state index contributed by atoms with van der Waals surface area (Å²) in [6.45, 7) is 2.23. The van der Waals surface area contributed by atoms with E-state index in [4.69, 9.17) is 17.3 Å². The van der Waals surface area contributed by atoms with Crippen LogP contribution in [0.15, 0.2) is 6.07 Å². The number of hydrogen-bond acceptors (Lipinski definition) is 4. The standard InChI is InChI=1S/C13H19ClN4/c1-7(10-5-8-2-3-9(10)4-8)16-12-6-11(14)17-13(15)18-12/h6-10H,2-5H2,1H3,(H3,15,16,17,18)/t7-,8-,9-,10-/m0/s1. The van der Waals surface area contributed by atoms with Gasteiger partial charge in [-0.15, -0.1) is 0 Å². The molecule has 1 aromatic heterocycles. The maximum absolute atomic E-state index is 5.89. The molecule has 0 aromatic carbocycles. The first-order valence-electron chi connectivity index (χ1n) is 6.68. The molecule has 1 heterocycles. The lowest BCUT2D eigenvalue weighted by molar-refractivity contribution is 0.304. The van der Waals surface area contributed by atoms with E-state index in [-0.39, 0.29) is 5.95 Å². The summed E-state index contributed by atoms with van der Waals surface area (Å²) in [4.78, 5) is 8.05. The van der Waals surface area contributed by atoms with Crippen molar-refractivity contribution in [3.8, 4) is 0 Å². The monoisotopic (exact) mass is 266 g/mol. The first kappa shape index (κ1) is 12.0. The molecule has 5 heteroatoms. The predicted molar refractivity (Wildman–Crippen MR) is 73.5 cm³/mol. The second-order valence-electron chi connectivity index (χ2n) is 5.71. The van der Waals surface area contributed by atoms with E-state index in [1.807, 2.05) is 0 Å². The van der Waals surface area contributed by atoms with E-state index in [0.29, 0.717) is 11.2 Å². The third-order valence-corrected chi connectivity index (χ3v) is 4.72. The molecule has 4 nitrogen and oxygen atoms in total. The second-order valence-corrected chi connectivity index (χ2v) is 6.09. The molecule has 0 radical (unpaired) electrons. The average Bonchev–Trinajstić information content (AvgIpc) is 2.88. The van der Waals surface area contributed by atoms with Gasteiger partial charge in [-0.25, -0.2) is 4.98 Å². The first-order chi connectivity index (χ1) is 8.61. The summed E-state index contributed by atoms with van der Waals surface area (Å²) >= 11 is 5.89. The zero-order chi connectivity index (χ0) is 12.7. The molecule has 3 N–H and O–H groups in total. The van der Waals surface area contributed by atoms with Crippen molar-refractivity contribution in [3.63, 3.8) is 0 Å². The number of fused-ring (bicyclic) bond motifs is 2. The number of aromatic nitrogens is 2. The molecule has 98 valence electrons. The average molecular weight is 267 g/mol. The Kier molecular flexibility index (Phi) is 3.06. The molecule has 2 fully saturated rings. The maximum atomic E-state index is 5.89. The zero-order valence-corrected chi connectivity index (χ0v) is 11.3. The molecule has 1 aromatic rings. The van der Waals surface area contributed by atoms with Crippen molar-refractivity contribution in [2.24, 2.45) is 17.8 Å². The second kappa shape index (κ2) is 4.57. The van der Waals surface area contributed by atoms with Crippen molar-refractivity contribution in [1.82, 2.24) is 9.97 Å². The molecular weight excluding hydrogens is 248 g/mol. The molecule has 0 aliphatic heterocycles. The number of halogens is 1. The Bertz CT molecular complexity index is 430. The van der Waals surface area contributed by atoms with Gasteiger partial charge in [-0.2, -0.15) is 4.98 Å². The summed E-state index contributed by atoms with van der Waals surface area (Å²) in [6.07, 6.45) is 5.60. The van der Waals surface area contributed by atoms with E-state index in [1.165, 1.54) is 25.7 Å². The lowest BCUT2D eigenvalue weighted by atomic mass is 9.84. The molecular formula is C13H19ClN4. The van der Waals surface area contributed by atoms with Gasteiger partial charge in [-0.05, 0) is 43.9 Å². The molecule has 18 heavy (non-hydrogen) atoms. The van der Waals surface area contributed by atoms with E-state index >= 15 is 0 Å². The van der Waals surface area contributed by atoms with Gasteiger partial charge in [0.2, 0.25) is 5.95 Å². The smallest absolute Gasteiger partial charge is 0.223 e. The van der Waals surface area contributed by atoms with E-state index in [1.54, 1.807) is 6.07 Å². The zero-order valence-electron chi connectivity index (χ0n) is 10.6. The molecule has 0 amide bonds. The Morgan fingerprint density at radius 3 is 2.83 bits per heavy atom. The minimum atomic E-state index is 0.227. The van der Waals surface area contributed by atoms with Crippen molar-refractivity contribution in [2.75, 3.05) is 11.1 Å². The summed E-state index contributed by atoms with van der Waals surface area (Å²) in [6, 6.07) is 2.16. The van der Waals surface area contributed by atoms with Crippen LogP contribution < -0.4 is 11.1 Å². The van der Waals surface area contributed by atoms with Gasteiger partial charge in [-0.3, -0.25) is 0 Å². The van der Waals surface area contributed by atoms with Crippen LogP contribution in [0.3, 0.4) is 0 Å². The Balaban J connectivity index is 1.68. The highest BCUT2D eigenvalue weighted by atomic mass is 35.5. The highest BCUT2D eigenvalue weighted by molar-refractivity contribution is 6.29. The van der Waals surface area contributed by atoms with Crippen LogP contribution >= 0.6 is 11.6 Å². The Hall–Kier alpha value is -1.03. The molecule has 0 saturated heterocycles. The van der Waals surface area contributed by atoms with Crippen LogP contribution in [0.4, 0.5) is 11.8 Å². The lowest BCUT2D eigenvalue weighted by Gasteiger charge is -2.28. The van der Waals surface area contributed by atoms with E-state index in [0.717, 1.165) is 23.6 Å². The normalized spacial score (nSPS) is 31.6. The summed E-state index contributed by atoms with van der Waals surface area (Å²) in [5.74, 6) is 3.59. The minimum absolute atomic E-state index is 0.227. The van der Waals surface area contributed by atoms with Crippen LogP contribution in [-0.4, -0.2) is 16.0 Å². The van der Waals surface area contributed by atoms with E-state index in [9.17, 15) is 0 Å². The summed E-state index contributed by atoms with van der Waals surface area (Å²) in [7, 11) is 0. The first-order valence-corrected chi connectivity index (χ1v) is 7.06. The molecule has 2 saturated carbocycles. The van der Waals surface area contributed by atoms with Crippen LogP contribution in [0.2, 0.25) is 5.15 Å². The van der Waals surface area contributed by atoms with Gasteiger partial charge in [-0.1, -0.05) is 18.0 Å². The summed E-state index contributed by atoms with van der Waals surface area (Å²) in [5.41, 5.74) is 5.60. The number of nitrogens with one attached hydrogen (secondary N) is 1. The van der Waals surface area contributed by atoms with Crippen molar-refractivity contribution in [3.05, 3.63) is 11.2 Å². The number of rotatable bonds is 3. The molecule has 2 aliphatic rings. The number of nitrogens with zero attached hydrogens (tertiary/aromatic N) is 2. The fourth-order valence-electron chi connectivity index (χ4n) is 3.76. The van der Waals surface area contributed by atoms with E-state index < -0.39 is 0 Å². The van der Waals surface area contributed by atoms with Gasteiger partial charge in [0.15, 0.2) is 0 Å². The predicted octanol–water partition coefficient (Wildman–Crippen LogP) is 2.95. The van der Waals surface area contributed by atoms with Gasteiger partial charge >= 0.3 is 0 Å². The van der Waals surface area contributed by atoms with Gasteiger partial charge < -0.3 is 11.1 Å². The number of anilines is 2. The minimum Gasteiger partial charge on any atom is -0.368 e. The highest BCUT2D eigenvalue weighted by Crippen LogP contribution is 2.49. The van der Waals surface area contributed by atoms with Gasteiger partial charge in [0, 0.05) is 12.1 Å². The van der Waals surface area contributed by atoms with Crippen LogP contribution in [0.25, 0.3) is 0 Å². The molecule has 0 unspecified atom stereocenters. The van der Waals surface area contributed by atoms with Crippen LogP contribution in [0, 0.1) is 17.8 Å². The van der Waals surface area contributed by atoms with E-state index in [2.05, 4.69) is 22.2 Å². The van der Waals surface area contributed by atoms with Crippen molar-refractivity contribution < 1.29 is 0 Å². The summed E-state index contributed by atoms with van der Waals surface area (Å²) < 4.78 is 0. The third kappa shape index (κ3) is 2.26. The summed E-state index contributed by atoms with van der Waals surface area (Å²) in [5, 5.41) is 3.83. The van der Waals surface area contributed by atoms with Crippen molar-refractivity contribution in [2.45, 2.75) is 38.6 Å². The third-order valence-electron chi connectivity index (χ3n) is 4.52. The molecule has 2 aliphatic carbocycles. The number of nitrogens with two attached hydrogens (primary N) is 1. The fraction of sp³-hybridized carbons (Fsp3) is 0.692. The maximum Gasteiger partial charge on any atom is 0.223 e.